The number of hydrogen-bond acceptors (Lipinski definition) is 5. The van der Waals surface area contributed by atoms with E-state index < -0.39 is 0 Å². The summed E-state index contributed by atoms with van der Waals surface area (Å²) in [6, 6.07) is 0. The van der Waals surface area contributed by atoms with Gasteiger partial charge in [-0.15, -0.1) is 0 Å². The molecule has 2 aromatic heterocycles. The Bertz CT molecular complexity index is 728. The van der Waals surface area contributed by atoms with E-state index in [1.165, 1.54) is 0 Å². The maximum atomic E-state index is 12.1. The van der Waals surface area contributed by atoms with Gasteiger partial charge in [-0.3, -0.25) is 9.78 Å². The first-order valence-electron chi connectivity index (χ1n) is 8.17. The highest BCUT2D eigenvalue weighted by Crippen LogP contribution is 2.27. The zero-order chi connectivity index (χ0) is 17.1. The van der Waals surface area contributed by atoms with Crippen molar-refractivity contribution in [2.75, 3.05) is 26.8 Å². The number of piperidine rings is 1. The topological polar surface area (TPSA) is 73.1 Å². The number of aryl methyl sites for hydroxylation is 1. The summed E-state index contributed by atoms with van der Waals surface area (Å²) in [5.74, 6) is 1.18. The molecular formula is C17H23N5O2. The lowest BCUT2D eigenvalue weighted by atomic mass is 9.95. The molecular weight excluding hydrogens is 306 g/mol. The van der Waals surface area contributed by atoms with Crippen molar-refractivity contribution in [2.45, 2.75) is 25.7 Å². The minimum atomic E-state index is 0.0357. The fourth-order valence-corrected chi connectivity index (χ4v) is 3.10. The summed E-state index contributed by atoms with van der Waals surface area (Å²) in [7, 11) is 3.52. The molecule has 0 radical (unpaired) electrons. The van der Waals surface area contributed by atoms with E-state index in [1.54, 1.807) is 13.3 Å². The van der Waals surface area contributed by atoms with Crippen molar-refractivity contribution in [1.29, 1.82) is 0 Å². The molecule has 1 atom stereocenters. The molecule has 0 aliphatic carbocycles. The number of nitrogens with zero attached hydrogens (tertiary/aromatic N) is 5. The van der Waals surface area contributed by atoms with Crippen LogP contribution in [0.15, 0.2) is 18.6 Å². The van der Waals surface area contributed by atoms with E-state index in [0.717, 1.165) is 42.3 Å². The van der Waals surface area contributed by atoms with E-state index in [0.29, 0.717) is 6.54 Å². The van der Waals surface area contributed by atoms with Crippen molar-refractivity contribution in [3.8, 4) is 11.4 Å². The Morgan fingerprint density at radius 1 is 1.38 bits per heavy atom. The first-order valence-corrected chi connectivity index (χ1v) is 8.17. The van der Waals surface area contributed by atoms with E-state index in [4.69, 9.17) is 9.72 Å². The van der Waals surface area contributed by atoms with Crippen LogP contribution >= 0.6 is 0 Å². The molecule has 1 fully saturated rings. The quantitative estimate of drug-likeness (QED) is 0.851. The summed E-state index contributed by atoms with van der Waals surface area (Å²) in [6.07, 6.45) is 7.37. The summed E-state index contributed by atoms with van der Waals surface area (Å²) in [5, 5.41) is 0. The van der Waals surface area contributed by atoms with Gasteiger partial charge in [0.1, 0.15) is 18.1 Å². The van der Waals surface area contributed by atoms with Crippen LogP contribution in [0.1, 0.15) is 30.3 Å². The van der Waals surface area contributed by atoms with Gasteiger partial charge in [-0.2, -0.15) is 0 Å². The van der Waals surface area contributed by atoms with Crippen LogP contribution < -0.4 is 0 Å². The van der Waals surface area contributed by atoms with Crippen LogP contribution in [0.2, 0.25) is 0 Å². The second-order valence-corrected chi connectivity index (χ2v) is 6.19. The van der Waals surface area contributed by atoms with Crippen molar-refractivity contribution in [3.05, 3.63) is 30.1 Å². The normalized spacial score (nSPS) is 18.0. The Morgan fingerprint density at radius 3 is 2.92 bits per heavy atom. The van der Waals surface area contributed by atoms with Crippen molar-refractivity contribution < 1.29 is 9.53 Å². The Labute approximate surface area is 141 Å². The highest BCUT2D eigenvalue weighted by Gasteiger charge is 2.26. The molecule has 1 aliphatic heterocycles. The average molecular weight is 329 g/mol. The van der Waals surface area contributed by atoms with Crippen molar-refractivity contribution in [3.63, 3.8) is 0 Å². The van der Waals surface area contributed by atoms with Gasteiger partial charge in [-0.25, -0.2) is 9.97 Å². The molecule has 0 bridgehead atoms. The van der Waals surface area contributed by atoms with Gasteiger partial charge in [-0.1, -0.05) is 0 Å². The fourth-order valence-electron chi connectivity index (χ4n) is 3.10. The molecule has 0 aromatic carbocycles. The van der Waals surface area contributed by atoms with E-state index >= 15 is 0 Å². The molecule has 7 heteroatoms. The van der Waals surface area contributed by atoms with Gasteiger partial charge >= 0.3 is 0 Å². The maximum Gasteiger partial charge on any atom is 0.248 e. The summed E-state index contributed by atoms with van der Waals surface area (Å²) in [5.41, 5.74) is 2.70. The van der Waals surface area contributed by atoms with Crippen LogP contribution in [-0.4, -0.2) is 57.1 Å². The minimum absolute atomic E-state index is 0.0357. The average Bonchev–Trinajstić information content (AvgIpc) is 2.94. The van der Waals surface area contributed by atoms with Gasteiger partial charge < -0.3 is 14.2 Å². The third kappa shape index (κ3) is 3.31. The van der Waals surface area contributed by atoms with Gasteiger partial charge in [0.25, 0.3) is 0 Å². The summed E-state index contributed by atoms with van der Waals surface area (Å²) in [4.78, 5) is 27.4. The molecule has 1 amide bonds. The largest absolute Gasteiger partial charge is 0.375 e. The fraction of sp³-hybridized carbons (Fsp3) is 0.529. The van der Waals surface area contributed by atoms with Crippen LogP contribution in [0.25, 0.3) is 11.4 Å². The predicted octanol–water partition coefficient (Wildman–Crippen LogP) is 1.54. The Balaban J connectivity index is 1.81. The molecule has 128 valence electrons. The Hall–Kier alpha value is -2.28. The molecule has 0 unspecified atom stereocenters. The minimum Gasteiger partial charge on any atom is -0.375 e. The zero-order valence-corrected chi connectivity index (χ0v) is 14.4. The van der Waals surface area contributed by atoms with Crippen LogP contribution in [0.3, 0.4) is 0 Å². The summed E-state index contributed by atoms with van der Waals surface area (Å²) in [6.45, 7) is 3.55. The summed E-state index contributed by atoms with van der Waals surface area (Å²) >= 11 is 0. The predicted molar refractivity (Wildman–Crippen MR) is 89.4 cm³/mol. The lowest BCUT2D eigenvalue weighted by Crippen LogP contribution is -2.41. The van der Waals surface area contributed by atoms with E-state index in [9.17, 15) is 4.79 Å². The lowest BCUT2D eigenvalue weighted by molar-refractivity contribution is -0.136. The molecule has 3 heterocycles. The van der Waals surface area contributed by atoms with Gasteiger partial charge in [0, 0.05) is 39.4 Å². The second kappa shape index (κ2) is 7.09. The second-order valence-electron chi connectivity index (χ2n) is 6.19. The first kappa shape index (κ1) is 16.6. The number of rotatable bonds is 4. The summed E-state index contributed by atoms with van der Waals surface area (Å²) < 4.78 is 6.96. The van der Waals surface area contributed by atoms with Gasteiger partial charge in [0.15, 0.2) is 0 Å². The number of methoxy groups -OCH3 is 1. The van der Waals surface area contributed by atoms with Crippen LogP contribution in [-0.2, 0) is 16.6 Å². The van der Waals surface area contributed by atoms with Crippen molar-refractivity contribution in [2.24, 2.45) is 7.05 Å². The smallest absolute Gasteiger partial charge is 0.248 e. The molecule has 0 saturated carbocycles. The van der Waals surface area contributed by atoms with Crippen molar-refractivity contribution >= 4 is 5.91 Å². The molecule has 1 saturated heterocycles. The number of carbonyl (C=O) groups is 1. The third-order valence-electron chi connectivity index (χ3n) is 4.60. The van der Waals surface area contributed by atoms with Gasteiger partial charge in [0.2, 0.25) is 5.91 Å². The van der Waals surface area contributed by atoms with Gasteiger partial charge in [-0.05, 0) is 19.8 Å². The Kier molecular flexibility index (Phi) is 4.89. The zero-order valence-electron chi connectivity index (χ0n) is 14.4. The van der Waals surface area contributed by atoms with E-state index in [2.05, 4.69) is 9.97 Å². The molecule has 24 heavy (non-hydrogen) atoms. The maximum absolute atomic E-state index is 12.1. The number of likely N-dealkylation sites (tertiary alicyclic amines) is 1. The highest BCUT2D eigenvalue weighted by molar-refractivity contribution is 5.77. The van der Waals surface area contributed by atoms with E-state index in [-0.39, 0.29) is 18.4 Å². The highest BCUT2D eigenvalue weighted by atomic mass is 16.5. The van der Waals surface area contributed by atoms with Crippen LogP contribution in [0.4, 0.5) is 0 Å². The molecule has 1 aliphatic rings. The monoisotopic (exact) mass is 329 g/mol. The van der Waals surface area contributed by atoms with Crippen LogP contribution in [0, 0.1) is 6.92 Å². The third-order valence-corrected chi connectivity index (χ3v) is 4.60. The number of imidazole rings is 1. The number of amides is 1. The number of ether oxygens (including phenoxy) is 1. The molecule has 7 nitrogen and oxygen atoms in total. The van der Waals surface area contributed by atoms with Gasteiger partial charge in [0.05, 0.1) is 23.8 Å². The number of hydrogen-bond donors (Lipinski definition) is 0. The Morgan fingerprint density at radius 2 is 2.21 bits per heavy atom. The van der Waals surface area contributed by atoms with E-state index in [1.807, 2.05) is 35.8 Å². The number of aromatic nitrogens is 4. The lowest BCUT2D eigenvalue weighted by Gasteiger charge is -2.32. The molecule has 0 spiro atoms. The molecule has 0 N–H and O–H groups in total. The molecule has 2 aromatic rings. The first-order chi connectivity index (χ1) is 11.6. The van der Waals surface area contributed by atoms with Crippen molar-refractivity contribution in [1.82, 2.24) is 24.4 Å². The molecule has 3 rings (SSSR count). The number of carbonyl (C=O) groups excluding carboxylic acids is 1. The standard InChI is InChI=1S/C17H23N5O2/c1-12-19-9-16(21(12)2)15-8-18-7-14(20-15)13-5-4-6-22(10-13)17(23)11-24-3/h7-9,13H,4-6,10-11H2,1-3H3/t13-/m0/s1. The SMILES string of the molecule is COCC(=O)N1CCC[C@H](c2cncc(-c3cnc(C)n3C)n2)C1. The van der Waals surface area contributed by atoms with Crippen LogP contribution in [0.5, 0.6) is 0 Å².